The zero-order chi connectivity index (χ0) is 20.5. The van der Waals surface area contributed by atoms with Crippen LogP contribution in [0.1, 0.15) is 34.8 Å². The Bertz CT molecular complexity index is 963. The van der Waals surface area contributed by atoms with E-state index in [0.717, 1.165) is 15.6 Å². The highest BCUT2D eigenvalue weighted by atomic mass is 79.9. The number of ketones is 1. The summed E-state index contributed by atoms with van der Waals surface area (Å²) >= 11 is 3.38. The van der Waals surface area contributed by atoms with E-state index in [4.69, 9.17) is 9.47 Å². The topological polar surface area (TPSA) is 35.5 Å². The Hall–Kier alpha value is -2.85. The Labute approximate surface area is 180 Å². The second kappa shape index (κ2) is 10.6. The molecular formula is C25H23BrO3. The second-order valence-corrected chi connectivity index (χ2v) is 7.37. The number of rotatable bonds is 9. The van der Waals surface area contributed by atoms with Crippen LogP contribution in [0, 0.1) is 0 Å². The summed E-state index contributed by atoms with van der Waals surface area (Å²) in [6.07, 6.45) is 4.15. The highest BCUT2D eigenvalue weighted by molar-refractivity contribution is 9.10. The molecule has 3 rings (SSSR count). The van der Waals surface area contributed by atoms with E-state index in [1.54, 1.807) is 0 Å². The van der Waals surface area contributed by atoms with Crippen LogP contribution in [0.3, 0.4) is 0 Å². The molecule has 0 spiro atoms. The molecular weight excluding hydrogens is 428 g/mol. The first-order valence-electron chi connectivity index (χ1n) is 9.54. The minimum absolute atomic E-state index is 0.0848. The minimum Gasteiger partial charge on any atom is -0.490 e. The highest BCUT2D eigenvalue weighted by Gasteiger charge is 2.07. The van der Waals surface area contributed by atoms with Crippen LogP contribution in [-0.2, 0) is 6.61 Å². The van der Waals surface area contributed by atoms with E-state index in [1.807, 2.05) is 91.9 Å². The number of carbonyl (C=O) groups excluding carboxylic acids is 1. The number of hydrogen-bond donors (Lipinski definition) is 0. The Kier molecular flexibility index (Phi) is 7.65. The molecule has 0 aliphatic heterocycles. The number of hydrogen-bond acceptors (Lipinski definition) is 3. The highest BCUT2D eigenvalue weighted by Crippen LogP contribution is 2.30. The average Bonchev–Trinajstić information content (AvgIpc) is 2.74. The summed E-state index contributed by atoms with van der Waals surface area (Å²) in [5.74, 6) is 1.49. The van der Waals surface area contributed by atoms with Crippen LogP contribution in [0.15, 0.2) is 83.3 Å². The zero-order valence-electron chi connectivity index (χ0n) is 16.3. The number of carbonyl (C=O) groups is 1. The van der Waals surface area contributed by atoms with Gasteiger partial charge in [0.15, 0.2) is 17.3 Å². The van der Waals surface area contributed by atoms with Gasteiger partial charge in [-0.2, -0.15) is 0 Å². The maximum Gasteiger partial charge on any atom is 0.166 e. The molecule has 3 aromatic rings. The molecule has 0 aromatic heterocycles. The van der Waals surface area contributed by atoms with Gasteiger partial charge in [-0.3, -0.25) is 4.79 Å². The summed E-state index contributed by atoms with van der Waals surface area (Å²) in [6.45, 7) is 2.98. The van der Waals surface area contributed by atoms with Gasteiger partial charge >= 0.3 is 0 Å². The van der Waals surface area contributed by atoms with E-state index >= 15 is 0 Å². The van der Waals surface area contributed by atoms with Crippen LogP contribution in [0.2, 0.25) is 0 Å². The van der Waals surface area contributed by atoms with E-state index in [1.165, 1.54) is 0 Å². The van der Waals surface area contributed by atoms with Crippen molar-refractivity contribution in [1.29, 1.82) is 0 Å². The van der Waals surface area contributed by atoms with Gasteiger partial charge in [0.05, 0.1) is 6.61 Å². The van der Waals surface area contributed by atoms with Crippen molar-refractivity contribution < 1.29 is 14.3 Å². The first kappa shape index (κ1) is 20.9. The first-order chi connectivity index (χ1) is 14.2. The van der Waals surface area contributed by atoms with Gasteiger partial charge in [-0.05, 0) is 42.3 Å². The van der Waals surface area contributed by atoms with E-state index in [2.05, 4.69) is 15.9 Å². The molecule has 0 radical (unpaired) electrons. The monoisotopic (exact) mass is 450 g/mol. The van der Waals surface area contributed by atoms with Crippen molar-refractivity contribution in [3.05, 3.63) is 100 Å². The van der Waals surface area contributed by atoms with Gasteiger partial charge in [0.1, 0.15) is 6.61 Å². The Morgan fingerprint density at radius 2 is 1.69 bits per heavy atom. The predicted octanol–water partition coefficient (Wildman–Crippen LogP) is 6.71. The van der Waals surface area contributed by atoms with Crippen molar-refractivity contribution in [3.63, 3.8) is 0 Å². The van der Waals surface area contributed by atoms with Crippen LogP contribution in [-0.4, -0.2) is 12.4 Å². The lowest BCUT2D eigenvalue weighted by Gasteiger charge is -2.12. The Morgan fingerprint density at radius 1 is 0.931 bits per heavy atom. The van der Waals surface area contributed by atoms with Gasteiger partial charge in [-0.15, -0.1) is 0 Å². The van der Waals surface area contributed by atoms with Gasteiger partial charge in [0, 0.05) is 16.5 Å². The van der Waals surface area contributed by atoms with Gasteiger partial charge in [-0.1, -0.05) is 76.6 Å². The fourth-order valence-corrected chi connectivity index (χ4v) is 3.07. The third-order valence-electron chi connectivity index (χ3n) is 4.28. The van der Waals surface area contributed by atoms with Crippen molar-refractivity contribution in [3.8, 4) is 11.5 Å². The van der Waals surface area contributed by atoms with E-state index in [9.17, 15) is 4.79 Å². The number of ether oxygens (including phenoxy) is 2. The maximum atomic E-state index is 12.3. The standard InChI is InChI=1S/C25H23BrO3/c1-2-28-25-17-19(9-6-10-23(27)21-12-14-22(26)15-13-21)11-16-24(25)29-18-20-7-4-3-5-8-20/h3-9,11-17H,2,10,18H2,1H3. The molecule has 148 valence electrons. The van der Waals surface area contributed by atoms with Gasteiger partial charge in [0.25, 0.3) is 0 Å². The Balaban J connectivity index is 1.64. The molecule has 0 fully saturated rings. The van der Waals surface area contributed by atoms with Crippen molar-refractivity contribution in [2.45, 2.75) is 20.0 Å². The van der Waals surface area contributed by atoms with Crippen LogP contribution in [0.25, 0.3) is 6.08 Å². The lowest BCUT2D eigenvalue weighted by Crippen LogP contribution is -2.00. The van der Waals surface area contributed by atoms with E-state index in [-0.39, 0.29) is 5.78 Å². The van der Waals surface area contributed by atoms with Crippen LogP contribution >= 0.6 is 15.9 Å². The van der Waals surface area contributed by atoms with Crippen molar-refractivity contribution in [1.82, 2.24) is 0 Å². The maximum absolute atomic E-state index is 12.3. The summed E-state index contributed by atoms with van der Waals surface area (Å²) in [5.41, 5.74) is 2.77. The second-order valence-electron chi connectivity index (χ2n) is 6.45. The number of halogens is 1. The quantitative estimate of drug-likeness (QED) is 0.339. The molecule has 0 N–H and O–H groups in total. The molecule has 3 nitrogen and oxygen atoms in total. The molecule has 0 saturated heterocycles. The molecule has 0 bridgehead atoms. The summed E-state index contributed by atoms with van der Waals surface area (Å²) < 4.78 is 12.6. The average molecular weight is 451 g/mol. The van der Waals surface area contributed by atoms with Crippen molar-refractivity contribution in [2.75, 3.05) is 6.61 Å². The molecule has 0 aliphatic rings. The van der Waals surface area contributed by atoms with Crippen LogP contribution in [0.4, 0.5) is 0 Å². The van der Waals surface area contributed by atoms with Gasteiger partial charge in [-0.25, -0.2) is 0 Å². The van der Waals surface area contributed by atoms with Crippen molar-refractivity contribution in [2.24, 2.45) is 0 Å². The fraction of sp³-hybridized carbons (Fsp3) is 0.160. The lowest BCUT2D eigenvalue weighted by molar-refractivity contribution is 0.0996. The predicted molar refractivity (Wildman–Crippen MR) is 121 cm³/mol. The molecule has 0 unspecified atom stereocenters. The third kappa shape index (κ3) is 6.33. The van der Waals surface area contributed by atoms with E-state index < -0.39 is 0 Å². The zero-order valence-corrected chi connectivity index (χ0v) is 17.9. The molecule has 0 saturated carbocycles. The third-order valence-corrected chi connectivity index (χ3v) is 4.81. The van der Waals surface area contributed by atoms with E-state index in [0.29, 0.717) is 36.7 Å². The molecule has 0 heterocycles. The van der Waals surface area contributed by atoms with Crippen molar-refractivity contribution >= 4 is 27.8 Å². The number of benzene rings is 3. The molecule has 4 heteroatoms. The molecule has 0 atom stereocenters. The smallest absolute Gasteiger partial charge is 0.166 e. The Morgan fingerprint density at radius 3 is 2.41 bits per heavy atom. The summed E-state index contributed by atoms with van der Waals surface area (Å²) in [4.78, 5) is 12.3. The first-order valence-corrected chi connectivity index (χ1v) is 10.3. The summed E-state index contributed by atoms with van der Waals surface area (Å²) in [5, 5.41) is 0. The normalized spacial score (nSPS) is 10.8. The molecule has 0 aliphatic carbocycles. The van der Waals surface area contributed by atoms with Gasteiger partial charge < -0.3 is 9.47 Å². The number of Topliss-reactive ketones (excluding diaryl/α,β-unsaturated/α-hetero) is 1. The summed E-state index contributed by atoms with van der Waals surface area (Å²) in [7, 11) is 0. The molecule has 29 heavy (non-hydrogen) atoms. The SMILES string of the molecule is CCOc1cc(C=CCC(=O)c2ccc(Br)cc2)ccc1OCc1ccccc1. The largest absolute Gasteiger partial charge is 0.490 e. The van der Waals surface area contributed by atoms with Crippen LogP contribution in [0.5, 0.6) is 11.5 Å². The summed E-state index contributed by atoms with van der Waals surface area (Å²) in [6, 6.07) is 23.2. The molecule has 3 aromatic carbocycles. The fourth-order valence-electron chi connectivity index (χ4n) is 2.81. The number of allylic oxidation sites excluding steroid dienone is 1. The minimum atomic E-state index is 0.0848. The molecule has 0 amide bonds. The van der Waals surface area contributed by atoms with Gasteiger partial charge in [0.2, 0.25) is 0 Å². The van der Waals surface area contributed by atoms with Crippen LogP contribution < -0.4 is 9.47 Å². The lowest BCUT2D eigenvalue weighted by atomic mass is 10.1.